The number of esters is 1. The molecule has 0 spiro atoms. The Balaban J connectivity index is 2.73. The molecular formula is C15H26N2O6. The number of carbonyl (C=O) groups is 3. The number of ether oxygens (including phenoxy) is 2. The monoisotopic (exact) mass is 330 g/mol. The van der Waals surface area contributed by atoms with Crippen molar-refractivity contribution < 1.29 is 29.0 Å². The molecule has 0 aliphatic heterocycles. The molecule has 23 heavy (non-hydrogen) atoms. The molecule has 0 aromatic rings. The van der Waals surface area contributed by atoms with Gasteiger partial charge in [0.1, 0.15) is 0 Å². The van der Waals surface area contributed by atoms with E-state index in [1.54, 1.807) is 6.92 Å². The lowest BCUT2D eigenvalue weighted by Crippen LogP contribution is -2.55. The van der Waals surface area contributed by atoms with Crippen LogP contribution in [0.25, 0.3) is 0 Å². The van der Waals surface area contributed by atoms with Crippen LogP contribution in [0.15, 0.2) is 0 Å². The van der Waals surface area contributed by atoms with Gasteiger partial charge >= 0.3 is 11.9 Å². The summed E-state index contributed by atoms with van der Waals surface area (Å²) in [6.45, 7) is 3.65. The van der Waals surface area contributed by atoms with Gasteiger partial charge in [-0.15, -0.1) is 0 Å². The van der Waals surface area contributed by atoms with Crippen molar-refractivity contribution >= 4 is 17.8 Å². The average Bonchev–Trinajstić information content (AvgIpc) is 2.88. The molecule has 1 rings (SSSR count). The molecule has 0 heterocycles. The number of nitrogens with one attached hydrogen (secondary N) is 1. The van der Waals surface area contributed by atoms with Crippen molar-refractivity contribution in [3.8, 4) is 0 Å². The third-order valence-corrected chi connectivity index (χ3v) is 4.09. The zero-order chi connectivity index (χ0) is 17.6. The molecule has 0 saturated heterocycles. The van der Waals surface area contributed by atoms with Crippen molar-refractivity contribution in [1.29, 1.82) is 0 Å². The first-order valence-corrected chi connectivity index (χ1v) is 7.72. The van der Waals surface area contributed by atoms with E-state index in [-0.39, 0.29) is 5.60 Å². The number of hydrogen-bond donors (Lipinski definition) is 3. The maximum Gasteiger partial charge on any atom is 0.331 e. The molecule has 0 bridgehead atoms. The Morgan fingerprint density at radius 2 is 1.87 bits per heavy atom. The molecule has 8 heteroatoms. The molecule has 3 atom stereocenters. The van der Waals surface area contributed by atoms with Crippen LogP contribution in [-0.4, -0.2) is 53.9 Å². The molecule has 132 valence electrons. The van der Waals surface area contributed by atoms with Gasteiger partial charge in [-0.05, 0) is 26.7 Å². The maximum atomic E-state index is 12.0. The van der Waals surface area contributed by atoms with Crippen molar-refractivity contribution in [3.05, 3.63) is 0 Å². The highest BCUT2D eigenvalue weighted by Gasteiger charge is 2.37. The molecular weight excluding hydrogens is 304 g/mol. The molecule has 1 saturated carbocycles. The Kier molecular flexibility index (Phi) is 6.96. The number of amides is 1. The standard InChI is InChI=1S/C15H26N2O6/c1-9(23-15(2)6-4-5-7-15)12(14(21)22-3)17-13(20)10(16)8-11(18)19/h9-10,12H,4-8,16H2,1-3H3,(H,17,20)(H,18,19)/t9-,10?,12+/m1/s1. The van der Waals surface area contributed by atoms with Gasteiger partial charge in [0.2, 0.25) is 5.91 Å². The quantitative estimate of drug-likeness (QED) is 0.542. The number of rotatable bonds is 8. The zero-order valence-electron chi connectivity index (χ0n) is 13.8. The molecule has 1 aliphatic carbocycles. The second-order valence-corrected chi connectivity index (χ2v) is 6.19. The van der Waals surface area contributed by atoms with E-state index in [1.165, 1.54) is 7.11 Å². The summed E-state index contributed by atoms with van der Waals surface area (Å²) in [5.74, 6) is -2.57. The molecule has 1 amide bonds. The second-order valence-electron chi connectivity index (χ2n) is 6.19. The van der Waals surface area contributed by atoms with E-state index in [1.807, 2.05) is 6.92 Å². The predicted octanol–water partition coefficient (Wildman–Crippen LogP) is 0.184. The summed E-state index contributed by atoms with van der Waals surface area (Å²) < 4.78 is 10.7. The third kappa shape index (κ3) is 5.80. The molecule has 8 nitrogen and oxygen atoms in total. The summed E-state index contributed by atoms with van der Waals surface area (Å²) in [6, 6.07) is -2.28. The largest absolute Gasteiger partial charge is 0.481 e. The Labute approximate surface area is 135 Å². The fourth-order valence-corrected chi connectivity index (χ4v) is 2.79. The number of carboxylic acids is 1. The highest BCUT2D eigenvalue weighted by Crippen LogP contribution is 2.34. The van der Waals surface area contributed by atoms with Gasteiger partial charge in [-0.25, -0.2) is 4.79 Å². The van der Waals surface area contributed by atoms with E-state index in [9.17, 15) is 14.4 Å². The summed E-state index contributed by atoms with van der Waals surface area (Å²) in [5, 5.41) is 11.1. The highest BCUT2D eigenvalue weighted by molar-refractivity contribution is 5.90. The maximum absolute atomic E-state index is 12.0. The van der Waals surface area contributed by atoms with Crippen LogP contribution in [0.1, 0.15) is 46.0 Å². The summed E-state index contributed by atoms with van der Waals surface area (Å²) in [5.41, 5.74) is 5.18. The smallest absolute Gasteiger partial charge is 0.331 e. The highest BCUT2D eigenvalue weighted by atomic mass is 16.5. The van der Waals surface area contributed by atoms with Gasteiger partial charge in [0.15, 0.2) is 6.04 Å². The minimum absolute atomic E-state index is 0.334. The molecule has 1 unspecified atom stereocenters. The van der Waals surface area contributed by atoms with Crippen molar-refractivity contribution in [2.45, 2.75) is 69.7 Å². The average molecular weight is 330 g/mol. The van der Waals surface area contributed by atoms with Crippen LogP contribution in [0.3, 0.4) is 0 Å². The minimum Gasteiger partial charge on any atom is -0.481 e. The first kappa shape index (κ1) is 19.4. The third-order valence-electron chi connectivity index (χ3n) is 4.09. The second kappa shape index (κ2) is 8.26. The van der Waals surface area contributed by atoms with Crippen molar-refractivity contribution in [2.75, 3.05) is 7.11 Å². The Morgan fingerprint density at radius 3 is 2.35 bits per heavy atom. The number of carbonyl (C=O) groups excluding carboxylic acids is 2. The fourth-order valence-electron chi connectivity index (χ4n) is 2.79. The SMILES string of the molecule is COC(=O)[C@@H](NC(=O)C(N)CC(=O)O)[C@@H](C)OC1(C)CCCC1. The van der Waals surface area contributed by atoms with Crippen LogP contribution in [0, 0.1) is 0 Å². The lowest BCUT2D eigenvalue weighted by atomic mass is 10.0. The van der Waals surface area contributed by atoms with E-state index in [4.69, 9.17) is 20.3 Å². The molecule has 0 radical (unpaired) electrons. The summed E-state index contributed by atoms with van der Waals surface area (Å²) >= 11 is 0. The van der Waals surface area contributed by atoms with Crippen molar-refractivity contribution in [3.63, 3.8) is 0 Å². The van der Waals surface area contributed by atoms with Gasteiger partial charge in [-0.3, -0.25) is 9.59 Å². The summed E-state index contributed by atoms with van der Waals surface area (Å²) in [7, 11) is 1.21. The Morgan fingerprint density at radius 1 is 1.30 bits per heavy atom. The van der Waals surface area contributed by atoms with Gasteiger partial charge in [-0.1, -0.05) is 12.8 Å². The normalized spacial score (nSPS) is 20.3. The zero-order valence-corrected chi connectivity index (χ0v) is 13.8. The van der Waals surface area contributed by atoms with Crippen LogP contribution in [0.4, 0.5) is 0 Å². The van der Waals surface area contributed by atoms with Gasteiger partial charge in [0.25, 0.3) is 0 Å². The van der Waals surface area contributed by atoms with Crippen molar-refractivity contribution in [1.82, 2.24) is 5.32 Å². The number of methoxy groups -OCH3 is 1. The predicted molar refractivity (Wildman–Crippen MR) is 81.6 cm³/mol. The van der Waals surface area contributed by atoms with Gasteiger partial charge < -0.3 is 25.6 Å². The van der Waals surface area contributed by atoms with Gasteiger partial charge in [0.05, 0.1) is 31.3 Å². The number of nitrogens with two attached hydrogens (primary N) is 1. The van der Waals surface area contributed by atoms with Crippen molar-refractivity contribution in [2.24, 2.45) is 5.73 Å². The topological polar surface area (TPSA) is 128 Å². The Hall–Kier alpha value is -1.67. The number of carboxylic acid groups (broad SMARTS) is 1. The van der Waals surface area contributed by atoms with Crippen LogP contribution in [0.5, 0.6) is 0 Å². The summed E-state index contributed by atoms with van der Waals surface area (Å²) in [6.07, 6.45) is 2.75. The van der Waals surface area contributed by atoms with Crippen LogP contribution >= 0.6 is 0 Å². The van der Waals surface area contributed by atoms with E-state index in [2.05, 4.69) is 5.32 Å². The van der Waals surface area contributed by atoms with E-state index in [0.29, 0.717) is 0 Å². The Bertz CT molecular complexity index is 447. The fraction of sp³-hybridized carbons (Fsp3) is 0.800. The van der Waals surface area contributed by atoms with Gasteiger partial charge in [-0.2, -0.15) is 0 Å². The van der Waals surface area contributed by atoms with Gasteiger partial charge in [0, 0.05) is 0 Å². The molecule has 4 N–H and O–H groups in total. The van der Waals surface area contributed by atoms with E-state index >= 15 is 0 Å². The molecule has 0 aromatic heterocycles. The van der Waals surface area contributed by atoms with Crippen LogP contribution < -0.4 is 11.1 Å². The lowest BCUT2D eigenvalue weighted by molar-refractivity contribution is -0.155. The van der Waals surface area contributed by atoms with E-state index < -0.39 is 42.5 Å². The molecule has 1 aliphatic rings. The number of aliphatic carboxylic acids is 1. The van der Waals surface area contributed by atoms with Crippen LogP contribution in [-0.2, 0) is 23.9 Å². The minimum atomic E-state index is -1.24. The molecule has 1 fully saturated rings. The number of hydrogen-bond acceptors (Lipinski definition) is 6. The first-order chi connectivity index (χ1) is 10.7. The van der Waals surface area contributed by atoms with E-state index in [0.717, 1.165) is 25.7 Å². The summed E-state index contributed by atoms with van der Waals surface area (Å²) in [4.78, 5) is 34.5. The van der Waals surface area contributed by atoms with Crippen LogP contribution in [0.2, 0.25) is 0 Å². The molecule has 0 aromatic carbocycles. The lowest BCUT2D eigenvalue weighted by Gasteiger charge is -2.32. The first-order valence-electron chi connectivity index (χ1n) is 7.72.